The second kappa shape index (κ2) is 6.57. The molecule has 114 valence electrons. The molecular formula is C17H29NO2. The summed E-state index contributed by atoms with van der Waals surface area (Å²) in [5, 5.41) is 0. The van der Waals surface area contributed by atoms with Crippen molar-refractivity contribution >= 4 is 5.78 Å². The van der Waals surface area contributed by atoms with E-state index in [0.29, 0.717) is 29.9 Å². The number of methoxy groups -OCH3 is 1. The van der Waals surface area contributed by atoms with Gasteiger partial charge in [0.15, 0.2) is 0 Å². The van der Waals surface area contributed by atoms with E-state index in [9.17, 15) is 4.79 Å². The molecule has 20 heavy (non-hydrogen) atoms. The minimum Gasteiger partial charge on any atom is -0.381 e. The van der Waals surface area contributed by atoms with Gasteiger partial charge in [0, 0.05) is 31.5 Å². The summed E-state index contributed by atoms with van der Waals surface area (Å²) in [6.45, 7) is 1.20. The van der Waals surface area contributed by atoms with Crippen molar-refractivity contribution in [3.63, 3.8) is 0 Å². The van der Waals surface area contributed by atoms with Crippen LogP contribution >= 0.6 is 0 Å². The Bertz CT molecular complexity index is 344. The van der Waals surface area contributed by atoms with Crippen molar-refractivity contribution in [2.45, 2.75) is 82.4 Å². The monoisotopic (exact) mass is 279 g/mol. The molecule has 0 amide bonds. The Hall–Kier alpha value is -0.410. The van der Waals surface area contributed by atoms with Crippen molar-refractivity contribution < 1.29 is 9.53 Å². The van der Waals surface area contributed by atoms with Gasteiger partial charge in [0.2, 0.25) is 0 Å². The van der Waals surface area contributed by atoms with Crippen LogP contribution in [0.3, 0.4) is 0 Å². The maximum atomic E-state index is 12.3. The van der Waals surface area contributed by atoms with Gasteiger partial charge in [-0.05, 0) is 57.9 Å². The molecule has 4 unspecified atom stereocenters. The highest BCUT2D eigenvalue weighted by atomic mass is 16.5. The summed E-state index contributed by atoms with van der Waals surface area (Å²) in [5.74, 6) is 0.890. The minimum absolute atomic E-state index is 0.342. The second-order valence-corrected chi connectivity index (χ2v) is 6.94. The first-order chi connectivity index (χ1) is 9.79. The van der Waals surface area contributed by atoms with Crippen molar-refractivity contribution in [1.82, 2.24) is 4.90 Å². The van der Waals surface area contributed by atoms with Gasteiger partial charge in [-0.2, -0.15) is 0 Å². The average molecular weight is 279 g/mol. The molecule has 0 spiro atoms. The van der Waals surface area contributed by atoms with E-state index < -0.39 is 0 Å². The van der Waals surface area contributed by atoms with Gasteiger partial charge in [0.25, 0.3) is 0 Å². The van der Waals surface area contributed by atoms with Crippen LogP contribution in [0.5, 0.6) is 0 Å². The lowest BCUT2D eigenvalue weighted by Gasteiger charge is -2.41. The van der Waals surface area contributed by atoms with Crippen molar-refractivity contribution in [2.24, 2.45) is 5.92 Å². The molecule has 0 N–H and O–H groups in total. The molecule has 1 heterocycles. The lowest BCUT2D eigenvalue weighted by molar-refractivity contribution is -0.127. The summed E-state index contributed by atoms with van der Waals surface area (Å²) in [5.41, 5.74) is 0. The van der Waals surface area contributed by atoms with E-state index in [2.05, 4.69) is 4.90 Å². The number of carbonyl (C=O) groups is 1. The normalized spacial score (nSPS) is 40.1. The van der Waals surface area contributed by atoms with E-state index >= 15 is 0 Å². The summed E-state index contributed by atoms with van der Waals surface area (Å²) >= 11 is 0. The fourth-order valence-electron chi connectivity index (χ4n) is 4.75. The van der Waals surface area contributed by atoms with E-state index in [-0.39, 0.29) is 0 Å². The van der Waals surface area contributed by atoms with Gasteiger partial charge in [-0.3, -0.25) is 9.69 Å². The number of rotatable bonds is 3. The Morgan fingerprint density at radius 1 is 1.05 bits per heavy atom. The molecule has 1 saturated heterocycles. The smallest absolute Gasteiger partial charge is 0.137 e. The summed E-state index contributed by atoms with van der Waals surface area (Å²) in [4.78, 5) is 15.0. The number of Topliss-reactive ketones (excluding diaryl/α,β-unsaturated/α-hetero) is 1. The lowest BCUT2D eigenvalue weighted by Crippen LogP contribution is -2.48. The maximum absolute atomic E-state index is 12.3. The fourth-order valence-corrected chi connectivity index (χ4v) is 4.75. The van der Waals surface area contributed by atoms with Crippen LogP contribution in [0.2, 0.25) is 0 Å². The van der Waals surface area contributed by atoms with E-state index in [1.54, 1.807) is 0 Å². The van der Waals surface area contributed by atoms with Gasteiger partial charge in [-0.1, -0.05) is 6.42 Å². The first kappa shape index (κ1) is 14.5. The molecule has 0 aromatic carbocycles. The number of nitrogens with zero attached hydrogens (tertiary/aromatic N) is 1. The van der Waals surface area contributed by atoms with Crippen LogP contribution in [-0.2, 0) is 9.53 Å². The second-order valence-electron chi connectivity index (χ2n) is 6.94. The van der Waals surface area contributed by atoms with Crippen molar-refractivity contribution in [2.75, 3.05) is 13.7 Å². The van der Waals surface area contributed by atoms with Crippen LogP contribution in [0.25, 0.3) is 0 Å². The molecular weight excluding hydrogens is 250 g/mol. The summed E-state index contributed by atoms with van der Waals surface area (Å²) in [7, 11) is 1.85. The number of ether oxygens (including phenoxy) is 1. The number of hydrogen-bond donors (Lipinski definition) is 0. The molecule has 2 aliphatic carbocycles. The van der Waals surface area contributed by atoms with Gasteiger partial charge in [-0.25, -0.2) is 0 Å². The Labute approximate surface area is 123 Å². The first-order valence-corrected chi connectivity index (χ1v) is 8.61. The predicted molar refractivity (Wildman–Crippen MR) is 79.7 cm³/mol. The van der Waals surface area contributed by atoms with Crippen molar-refractivity contribution in [3.05, 3.63) is 0 Å². The SMILES string of the molecule is COC1CCCC(N2CCCC2C2CCCCC2=O)C1. The van der Waals surface area contributed by atoms with Crippen molar-refractivity contribution in [1.29, 1.82) is 0 Å². The molecule has 0 aromatic heterocycles. The quantitative estimate of drug-likeness (QED) is 0.794. The third kappa shape index (κ3) is 2.94. The Balaban J connectivity index is 1.67. The molecule has 4 atom stereocenters. The van der Waals surface area contributed by atoms with Gasteiger partial charge in [-0.15, -0.1) is 0 Å². The number of hydrogen-bond acceptors (Lipinski definition) is 3. The zero-order valence-corrected chi connectivity index (χ0v) is 12.9. The molecule has 0 bridgehead atoms. The standard InChI is InChI=1S/C17H29NO2/c1-20-14-7-4-6-13(12-14)18-11-5-9-16(18)15-8-2-3-10-17(15)19/h13-16H,2-12H2,1H3. The van der Waals surface area contributed by atoms with E-state index in [4.69, 9.17) is 4.74 Å². The largest absolute Gasteiger partial charge is 0.381 e. The van der Waals surface area contributed by atoms with Gasteiger partial charge in [0.1, 0.15) is 5.78 Å². The number of carbonyl (C=O) groups excluding carboxylic acids is 1. The third-order valence-corrected chi connectivity index (χ3v) is 5.81. The molecule has 0 aromatic rings. The van der Waals surface area contributed by atoms with Gasteiger partial charge < -0.3 is 4.74 Å². The van der Waals surface area contributed by atoms with E-state index in [1.807, 2.05) is 7.11 Å². The highest BCUT2D eigenvalue weighted by Crippen LogP contribution is 2.36. The molecule has 0 radical (unpaired) electrons. The molecule has 2 saturated carbocycles. The zero-order chi connectivity index (χ0) is 13.9. The van der Waals surface area contributed by atoms with Crippen LogP contribution in [0, 0.1) is 5.92 Å². The van der Waals surface area contributed by atoms with Crippen LogP contribution in [0.15, 0.2) is 0 Å². The minimum atomic E-state index is 0.342. The Morgan fingerprint density at radius 2 is 1.95 bits per heavy atom. The number of ketones is 1. The zero-order valence-electron chi connectivity index (χ0n) is 12.9. The van der Waals surface area contributed by atoms with Crippen LogP contribution in [0.4, 0.5) is 0 Å². The summed E-state index contributed by atoms with van der Waals surface area (Å²) in [6, 6.07) is 1.21. The molecule has 3 aliphatic rings. The molecule has 3 fully saturated rings. The lowest BCUT2D eigenvalue weighted by atomic mass is 9.80. The highest BCUT2D eigenvalue weighted by molar-refractivity contribution is 5.82. The molecule has 3 rings (SSSR count). The molecule has 1 aliphatic heterocycles. The summed E-state index contributed by atoms with van der Waals surface area (Å²) < 4.78 is 5.59. The van der Waals surface area contributed by atoms with Crippen LogP contribution in [-0.4, -0.2) is 42.5 Å². The molecule has 3 heteroatoms. The number of likely N-dealkylation sites (tertiary alicyclic amines) is 1. The highest BCUT2D eigenvalue weighted by Gasteiger charge is 2.40. The van der Waals surface area contributed by atoms with Gasteiger partial charge >= 0.3 is 0 Å². The first-order valence-electron chi connectivity index (χ1n) is 8.61. The van der Waals surface area contributed by atoms with E-state index in [0.717, 1.165) is 19.3 Å². The predicted octanol–water partition coefficient (Wildman–Crippen LogP) is 3.17. The van der Waals surface area contributed by atoms with Gasteiger partial charge in [0.05, 0.1) is 6.10 Å². The van der Waals surface area contributed by atoms with Crippen LogP contribution < -0.4 is 0 Å². The average Bonchev–Trinajstić information content (AvgIpc) is 2.97. The third-order valence-electron chi connectivity index (χ3n) is 5.81. The Kier molecular flexibility index (Phi) is 4.77. The van der Waals surface area contributed by atoms with Crippen LogP contribution in [0.1, 0.15) is 64.2 Å². The topological polar surface area (TPSA) is 29.5 Å². The van der Waals surface area contributed by atoms with E-state index in [1.165, 1.54) is 51.5 Å². The fraction of sp³-hybridized carbons (Fsp3) is 0.941. The maximum Gasteiger partial charge on any atom is 0.137 e. The Morgan fingerprint density at radius 3 is 2.75 bits per heavy atom. The molecule has 3 nitrogen and oxygen atoms in total. The summed E-state index contributed by atoms with van der Waals surface area (Å²) in [6.07, 6.45) is 12.3. The van der Waals surface area contributed by atoms with Crippen molar-refractivity contribution in [3.8, 4) is 0 Å².